The molecule has 2 aliphatic heterocycles. The maximum absolute atomic E-state index is 8.96. The molecular weight excluding hydrogens is 382 g/mol. The number of aromatic nitrogens is 1. The summed E-state index contributed by atoms with van der Waals surface area (Å²) in [6.45, 7) is 7.46. The molecule has 2 atom stereocenters. The Bertz CT molecular complexity index is 880. The van der Waals surface area contributed by atoms with Gasteiger partial charge in [-0.3, -0.25) is 4.90 Å². The van der Waals surface area contributed by atoms with Gasteiger partial charge in [0.15, 0.2) is 0 Å². The van der Waals surface area contributed by atoms with Crippen LogP contribution in [0.5, 0.6) is 0 Å². The number of hydrogen-bond acceptors (Lipinski definition) is 4. The molecule has 2 aliphatic rings. The minimum absolute atomic E-state index is 0.00271. The fourth-order valence-corrected chi connectivity index (χ4v) is 4.92. The first-order valence-corrected chi connectivity index (χ1v) is 10.7. The Morgan fingerprint density at radius 1 is 1.21 bits per heavy atom. The minimum Gasteiger partial charge on any atom is -0.372 e. The maximum atomic E-state index is 8.96. The van der Waals surface area contributed by atoms with Gasteiger partial charge in [0.25, 0.3) is 0 Å². The molecule has 3 heterocycles. The van der Waals surface area contributed by atoms with Crippen molar-refractivity contribution >= 4 is 11.6 Å². The van der Waals surface area contributed by atoms with Gasteiger partial charge >= 0.3 is 0 Å². The summed E-state index contributed by atoms with van der Waals surface area (Å²) in [5.74, 6) is 0. The lowest BCUT2D eigenvalue weighted by molar-refractivity contribution is -0.230. The molecule has 0 radical (unpaired) electrons. The number of halogens is 1. The van der Waals surface area contributed by atoms with Gasteiger partial charge in [-0.25, -0.2) is 4.98 Å². The highest BCUT2D eigenvalue weighted by Crippen LogP contribution is 2.49. The topological polar surface area (TPSA) is 49.2 Å². The third kappa shape index (κ3) is 4.64. The number of rotatable bonds is 6. The molecule has 1 aromatic carbocycles. The van der Waals surface area contributed by atoms with Crippen molar-refractivity contribution < 1.29 is 4.74 Å². The van der Waals surface area contributed by atoms with E-state index < -0.39 is 0 Å². The molecule has 2 saturated heterocycles. The highest BCUT2D eigenvalue weighted by molar-refractivity contribution is 6.30. The van der Waals surface area contributed by atoms with Crippen molar-refractivity contribution in [1.29, 1.82) is 5.26 Å². The summed E-state index contributed by atoms with van der Waals surface area (Å²) in [6, 6.07) is 14.1. The van der Waals surface area contributed by atoms with Gasteiger partial charge < -0.3 is 4.74 Å². The lowest BCUT2D eigenvalue weighted by Crippen LogP contribution is -2.55. The van der Waals surface area contributed by atoms with E-state index in [1.54, 1.807) is 0 Å². The van der Waals surface area contributed by atoms with Crippen LogP contribution < -0.4 is 0 Å². The molecule has 4 nitrogen and oxygen atoms in total. The SMILES string of the molecule is CC1(C)CC([C@]2(CCc3ccc(C#N)nc3)CCN(Cc3ccc(Cl)cc3)C2)O1. The molecule has 1 unspecified atom stereocenters. The van der Waals surface area contributed by atoms with Crippen molar-refractivity contribution in [3.8, 4) is 6.07 Å². The second-order valence-electron chi connectivity index (χ2n) is 9.18. The normalized spacial score (nSPS) is 26.1. The van der Waals surface area contributed by atoms with Crippen molar-refractivity contribution in [1.82, 2.24) is 9.88 Å². The van der Waals surface area contributed by atoms with Gasteiger partial charge in [0.05, 0.1) is 11.7 Å². The van der Waals surface area contributed by atoms with Crippen molar-refractivity contribution in [3.63, 3.8) is 0 Å². The van der Waals surface area contributed by atoms with Gasteiger partial charge in [0.1, 0.15) is 11.8 Å². The van der Waals surface area contributed by atoms with E-state index in [0.29, 0.717) is 11.8 Å². The fourth-order valence-electron chi connectivity index (χ4n) is 4.79. The molecule has 0 saturated carbocycles. The van der Waals surface area contributed by atoms with Gasteiger partial charge in [-0.1, -0.05) is 29.8 Å². The van der Waals surface area contributed by atoms with Gasteiger partial charge in [-0.15, -0.1) is 0 Å². The Kier molecular flexibility index (Phi) is 5.66. The molecule has 2 fully saturated rings. The third-order valence-corrected chi connectivity index (χ3v) is 6.71. The van der Waals surface area contributed by atoms with E-state index in [-0.39, 0.29) is 11.0 Å². The first kappa shape index (κ1) is 20.3. The maximum Gasteiger partial charge on any atom is 0.140 e. The van der Waals surface area contributed by atoms with Crippen LogP contribution in [0.1, 0.15) is 49.9 Å². The fraction of sp³-hybridized carbons (Fsp3) is 0.500. The molecule has 29 heavy (non-hydrogen) atoms. The Hall–Kier alpha value is -1.93. The monoisotopic (exact) mass is 409 g/mol. The summed E-state index contributed by atoms with van der Waals surface area (Å²) in [6.07, 6.45) is 6.49. The smallest absolute Gasteiger partial charge is 0.140 e. The zero-order valence-corrected chi connectivity index (χ0v) is 18.0. The van der Waals surface area contributed by atoms with Gasteiger partial charge in [-0.2, -0.15) is 5.26 Å². The van der Waals surface area contributed by atoms with Crippen LogP contribution in [0.15, 0.2) is 42.6 Å². The van der Waals surface area contributed by atoms with Crippen LogP contribution in [0.4, 0.5) is 0 Å². The first-order chi connectivity index (χ1) is 13.9. The average Bonchev–Trinajstić information content (AvgIpc) is 3.10. The summed E-state index contributed by atoms with van der Waals surface area (Å²) in [4.78, 5) is 6.78. The van der Waals surface area contributed by atoms with Crippen molar-refractivity contribution in [2.45, 2.75) is 57.8 Å². The van der Waals surface area contributed by atoms with Crippen molar-refractivity contribution in [2.75, 3.05) is 13.1 Å². The quantitative estimate of drug-likeness (QED) is 0.673. The Morgan fingerprint density at radius 2 is 1.93 bits per heavy atom. The number of ether oxygens (including phenoxy) is 1. The molecule has 2 aromatic rings. The number of hydrogen-bond donors (Lipinski definition) is 0. The molecule has 4 rings (SSSR count). The number of pyridine rings is 1. The lowest BCUT2D eigenvalue weighted by atomic mass is 9.70. The standard InChI is InChI=1S/C24H28ClN3O/c1-23(2)13-22(29-23)24(10-9-18-5-8-21(14-26)27-15-18)11-12-28(17-24)16-19-3-6-20(25)7-4-19/h3-8,15,22H,9-13,16-17H2,1-2H3/t22?,24-/m1/s1. The number of aryl methyl sites for hydroxylation is 1. The largest absolute Gasteiger partial charge is 0.372 e. The highest BCUT2D eigenvalue weighted by atomic mass is 35.5. The van der Waals surface area contributed by atoms with E-state index in [4.69, 9.17) is 21.6 Å². The highest BCUT2D eigenvalue weighted by Gasteiger charge is 2.52. The van der Waals surface area contributed by atoms with Crippen molar-refractivity contribution in [2.24, 2.45) is 5.41 Å². The predicted octanol–water partition coefficient (Wildman–Crippen LogP) is 5.00. The van der Waals surface area contributed by atoms with Crippen molar-refractivity contribution in [3.05, 3.63) is 64.4 Å². The molecule has 0 bridgehead atoms. The second-order valence-corrected chi connectivity index (χ2v) is 9.62. The van der Waals surface area contributed by atoms with E-state index in [0.717, 1.165) is 50.3 Å². The summed E-state index contributed by atoms with van der Waals surface area (Å²) in [5, 5.41) is 9.74. The number of nitriles is 1. The zero-order chi connectivity index (χ0) is 20.5. The van der Waals surface area contributed by atoms with Gasteiger partial charge in [0.2, 0.25) is 0 Å². The lowest BCUT2D eigenvalue weighted by Gasteiger charge is -2.52. The second kappa shape index (κ2) is 8.07. The van der Waals surface area contributed by atoms with Crippen LogP contribution >= 0.6 is 11.6 Å². The summed E-state index contributed by atoms with van der Waals surface area (Å²) in [5.41, 5.74) is 3.14. The van der Waals surface area contributed by atoms with Gasteiger partial charge in [0, 0.05) is 36.1 Å². The molecule has 1 aromatic heterocycles. The van der Waals surface area contributed by atoms with E-state index >= 15 is 0 Å². The number of nitrogens with zero attached hydrogens (tertiary/aromatic N) is 3. The van der Waals surface area contributed by atoms with Crippen LogP contribution in [0.2, 0.25) is 5.02 Å². The molecule has 5 heteroatoms. The van der Waals surface area contributed by atoms with Crippen LogP contribution in [0.25, 0.3) is 0 Å². The summed E-state index contributed by atoms with van der Waals surface area (Å²) < 4.78 is 6.35. The van der Waals surface area contributed by atoms with Crippen LogP contribution in [0.3, 0.4) is 0 Å². The third-order valence-electron chi connectivity index (χ3n) is 6.46. The average molecular weight is 410 g/mol. The Morgan fingerprint density at radius 3 is 2.55 bits per heavy atom. The summed E-state index contributed by atoms with van der Waals surface area (Å²) >= 11 is 6.03. The first-order valence-electron chi connectivity index (χ1n) is 10.4. The molecule has 0 N–H and O–H groups in total. The predicted molar refractivity (Wildman–Crippen MR) is 115 cm³/mol. The van der Waals surface area contributed by atoms with E-state index in [9.17, 15) is 0 Å². The Labute approximate surface area is 178 Å². The summed E-state index contributed by atoms with van der Waals surface area (Å²) in [7, 11) is 0. The number of likely N-dealkylation sites (tertiary alicyclic amines) is 1. The number of benzene rings is 1. The van der Waals surface area contributed by atoms with Crippen LogP contribution in [-0.4, -0.2) is 34.7 Å². The molecule has 0 amide bonds. The minimum atomic E-state index is -0.00271. The van der Waals surface area contributed by atoms with E-state index in [2.05, 4.69) is 41.9 Å². The Balaban J connectivity index is 1.45. The molecule has 0 spiro atoms. The van der Waals surface area contributed by atoms with Crippen LogP contribution in [-0.2, 0) is 17.7 Å². The van der Waals surface area contributed by atoms with E-state index in [1.807, 2.05) is 30.5 Å². The van der Waals surface area contributed by atoms with E-state index in [1.165, 1.54) is 11.1 Å². The zero-order valence-electron chi connectivity index (χ0n) is 17.2. The van der Waals surface area contributed by atoms with Gasteiger partial charge in [-0.05, 0) is 69.0 Å². The molecule has 0 aliphatic carbocycles. The molecule has 152 valence electrons. The van der Waals surface area contributed by atoms with Crippen LogP contribution in [0, 0.1) is 16.7 Å². The molecular formula is C24H28ClN3O.